The molecule has 0 aromatic rings. The van der Waals surface area contributed by atoms with E-state index < -0.39 is 29.9 Å². The molecule has 250 valence electrons. The smallest absolute Gasteiger partial charge is 0.320 e. The van der Waals surface area contributed by atoms with Gasteiger partial charge in [0.25, 0.3) is 0 Å². The number of hydrogen-bond donors (Lipinski definition) is 5. The minimum atomic E-state index is -1.04. The van der Waals surface area contributed by atoms with Crippen LogP contribution >= 0.6 is 0 Å². The van der Waals surface area contributed by atoms with Crippen LogP contribution in [-0.4, -0.2) is 64.6 Å². The average Bonchev–Trinajstić information content (AvgIpc) is 2.95. The summed E-state index contributed by atoms with van der Waals surface area (Å²) >= 11 is 0. The zero-order chi connectivity index (χ0) is 32.1. The highest BCUT2D eigenvalue weighted by Crippen LogP contribution is 2.17. The van der Waals surface area contributed by atoms with Crippen LogP contribution in [0, 0.1) is 5.92 Å². The molecule has 0 aromatic heterocycles. The fourth-order valence-corrected chi connectivity index (χ4v) is 5.25. The van der Waals surface area contributed by atoms with E-state index in [4.69, 9.17) is 10.2 Å². The summed E-state index contributed by atoms with van der Waals surface area (Å²) in [5, 5.41) is 32.6. The number of rotatable bonds is 32. The van der Waals surface area contributed by atoms with Gasteiger partial charge in [-0.3, -0.25) is 24.0 Å². The van der Waals surface area contributed by atoms with E-state index >= 15 is 0 Å². The molecule has 0 aliphatic rings. The van der Waals surface area contributed by atoms with E-state index in [-0.39, 0.29) is 31.0 Å². The number of ketones is 1. The molecule has 0 aliphatic heterocycles. The molecule has 0 rings (SSSR count). The maximum Gasteiger partial charge on any atom is 0.320 e. The number of likely N-dealkylation sites (N-methyl/N-ethyl adjacent to an activating group) is 1. The summed E-state index contributed by atoms with van der Waals surface area (Å²) in [5.41, 5.74) is 0. The van der Waals surface area contributed by atoms with Gasteiger partial charge in [0.15, 0.2) is 0 Å². The molecule has 0 fully saturated rings. The zero-order valence-corrected chi connectivity index (χ0v) is 26.7. The summed E-state index contributed by atoms with van der Waals surface area (Å²) in [6, 6.07) is -0.604. The van der Waals surface area contributed by atoms with Crippen molar-refractivity contribution in [3.05, 3.63) is 0 Å². The maximum absolute atomic E-state index is 12.3. The van der Waals surface area contributed by atoms with Gasteiger partial charge in [0, 0.05) is 32.2 Å². The lowest BCUT2D eigenvalue weighted by Gasteiger charge is -2.12. The normalized spacial score (nSPS) is 12.5. The lowest BCUT2D eigenvalue weighted by molar-refractivity contribution is -0.144. The predicted molar refractivity (Wildman–Crippen MR) is 168 cm³/mol. The van der Waals surface area contributed by atoms with Gasteiger partial charge in [-0.2, -0.15) is 0 Å². The SMILES string of the molecule is CN[C@@H](CCCCNC(=O)CC[C@H](CC(=O)CCCCCCCCCCCCCCCCCCC(=O)O)C(=O)O)C(=O)O. The lowest BCUT2D eigenvalue weighted by Crippen LogP contribution is -2.34. The third kappa shape index (κ3) is 26.8. The van der Waals surface area contributed by atoms with E-state index in [1.54, 1.807) is 7.05 Å². The van der Waals surface area contributed by atoms with Crippen molar-refractivity contribution >= 4 is 29.6 Å². The first-order valence-corrected chi connectivity index (χ1v) is 16.8. The van der Waals surface area contributed by atoms with E-state index in [0.717, 1.165) is 38.5 Å². The monoisotopic (exact) mass is 612 g/mol. The Morgan fingerprint density at radius 2 is 1.00 bits per heavy atom. The summed E-state index contributed by atoms with van der Waals surface area (Å²) in [6.45, 7) is 0.409. The fraction of sp³-hybridized carbons (Fsp3) is 0.848. The van der Waals surface area contributed by atoms with Crippen molar-refractivity contribution in [1.29, 1.82) is 0 Å². The molecule has 0 spiro atoms. The summed E-state index contributed by atoms with van der Waals surface area (Å²) < 4.78 is 0. The number of aliphatic carboxylic acids is 3. The van der Waals surface area contributed by atoms with Crippen LogP contribution in [0.3, 0.4) is 0 Å². The molecule has 0 saturated heterocycles. The maximum atomic E-state index is 12.3. The molecular formula is C33H60N2O8. The van der Waals surface area contributed by atoms with Gasteiger partial charge < -0.3 is 26.0 Å². The van der Waals surface area contributed by atoms with Gasteiger partial charge in [-0.1, -0.05) is 89.9 Å². The number of unbranched alkanes of at least 4 members (excludes halogenated alkanes) is 16. The second-order valence-corrected chi connectivity index (χ2v) is 11.9. The minimum absolute atomic E-state index is 0.0317. The highest BCUT2D eigenvalue weighted by atomic mass is 16.4. The van der Waals surface area contributed by atoms with Gasteiger partial charge in [-0.05, 0) is 45.6 Å². The summed E-state index contributed by atoms with van der Waals surface area (Å²) in [5.74, 6) is -3.79. The van der Waals surface area contributed by atoms with Gasteiger partial charge in [0.05, 0.1) is 5.92 Å². The van der Waals surface area contributed by atoms with Crippen LogP contribution < -0.4 is 10.6 Å². The van der Waals surface area contributed by atoms with E-state index in [1.807, 2.05) is 0 Å². The van der Waals surface area contributed by atoms with Crippen molar-refractivity contribution in [3.63, 3.8) is 0 Å². The van der Waals surface area contributed by atoms with Gasteiger partial charge in [-0.15, -0.1) is 0 Å². The number of carbonyl (C=O) groups is 5. The van der Waals surface area contributed by atoms with Crippen LogP contribution in [0.15, 0.2) is 0 Å². The Labute approximate surface area is 259 Å². The topological polar surface area (TPSA) is 170 Å². The van der Waals surface area contributed by atoms with Gasteiger partial charge in [0.2, 0.25) is 5.91 Å². The first-order valence-electron chi connectivity index (χ1n) is 16.8. The van der Waals surface area contributed by atoms with Crippen LogP contribution in [-0.2, 0) is 24.0 Å². The van der Waals surface area contributed by atoms with Crippen LogP contribution in [0.5, 0.6) is 0 Å². The molecule has 43 heavy (non-hydrogen) atoms. The number of nitrogens with one attached hydrogen (secondary N) is 2. The largest absolute Gasteiger partial charge is 0.481 e. The summed E-state index contributed by atoms with van der Waals surface area (Å²) in [4.78, 5) is 57.4. The molecule has 10 nitrogen and oxygen atoms in total. The van der Waals surface area contributed by atoms with E-state index in [2.05, 4.69) is 10.6 Å². The van der Waals surface area contributed by atoms with E-state index in [1.165, 1.54) is 64.2 Å². The first-order chi connectivity index (χ1) is 20.7. The highest BCUT2D eigenvalue weighted by Gasteiger charge is 2.22. The molecule has 5 N–H and O–H groups in total. The van der Waals surface area contributed by atoms with Crippen molar-refractivity contribution in [1.82, 2.24) is 10.6 Å². The van der Waals surface area contributed by atoms with E-state index in [0.29, 0.717) is 38.6 Å². The number of Topliss-reactive ketones (excluding diaryl/α,β-unsaturated/α-hetero) is 1. The average molecular weight is 613 g/mol. The third-order valence-electron chi connectivity index (χ3n) is 8.03. The Bertz CT molecular complexity index is 774. The van der Waals surface area contributed by atoms with Crippen LogP contribution in [0.25, 0.3) is 0 Å². The van der Waals surface area contributed by atoms with E-state index in [9.17, 15) is 29.1 Å². The Kier molecular flexibility index (Phi) is 26.7. The van der Waals surface area contributed by atoms with Gasteiger partial charge >= 0.3 is 17.9 Å². The molecule has 2 atom stereocenters. The number of amides is 1. The third-order valence-corrected chi connectivity index (χ3v) is 8.03. The van der Waals surface area contributed by atoms with Crippen molar-refractivity contribution in [2.45, 2.75) is 160 Å². The molecule has 0 aromatic carbocycles. The minimum Gasteiger partial charge on any atom is -0.481 e. The van der Waals surface area contributed by atoms with Crippen molar-refractivity contribution in [2.24, 2.45) is 5.92 Å². The summed E-state index contributed by atoms with van der Waals surface area (Å²) in [6.07, 6.45) is 20.9. The standard InChI is InChI=1S/C33H60N2O8/c1-34-29(33(42)43)21-18-19-25-35-30(37)24-23-27(32(40)41)26-28(36)20-16-14-12-10-8-6-4-2-3-5-7-9-11-13-15-17-22-31(38)39/h27,29,34H,2-26H2,1H3,(H,35,37)(H,38,39)(H,40,41)(H,42,43)/t27-,29+/m1/s1. The quantitative estimate of drug-likeness (QED) is 0.0533. The molecule has 0 bridgehead atoms. The van der Waals surface area contributed by atoms with Crippen LogP contribution in [0.4, 0.5) is 0 Å². The van der Waals surface area contributed by atoms with Crippen LogP contribution in [0.1, 0.15) is 154 Å². The van der Waals surface area contributed by atoms with Gasteiger partial charge in [-0.25, -0.2) is 0 Å². The molecule has 10 heteroatoms. The zero-order valence-electron chi connectivity index (χ0n) is 26.7. The Morgan fingerprint density at radius 3 is 1.42 bits per heavy atom. The molecule has 0 radical (unpaired) electrons. The first kappa shape index (κ1) is 40.5. The molecule has 0 aliphatic carbocycles. The number of carboxylic acid groups (broad SMARTS) is 3. The number of carboxylic acids is 3. The second kappa shape index (κ2) is 28.3. The molecule has 0 unspecified atom stereocenters. The van der Waals surface area contributed by atoms with Crippen molar-refractivity contribution in [3.8, 4) is 0 Å². The fourth-order valence-electron chi connectivity index (χ4n) is 5.25. The molecule has 1 amide bonds. The highest BCUT2D eigenvalue weighted by molar-refractivity contribution is 5.84. The molecular weight excluding hydrogens is 552 g/mol. The Morgan fingerprint density at radius 1 is 0.535 bits per heavy atom. The second-order valence-electron chi connectivity index (χ2n) is 11.9. The Hall–Kier alpha value is -2.49. The number of carbonyl (C=O) groups excluding carboxylic acids is 2. The summed E-state index contributed by atoms with van der Waals surface area (Å²) in [7, 11) is 1.60. The van der Waals surface area contributed by atoms with Crippen molar-refractivity contribution in [2.75, 3.05) is 13.6 Å². The van der Waals surface area contributed by atoms with Crippen molar-refractivity contribution < 1.29 is 39.3 Å². The Balaban J connectivity index is 3.68. The van der Waals surface area contributed by atoms with Crippen LogP contribution in [0.2, 0.25) is 0 Å². The van der Waals surface area contributed by atoms with Gasteiger partial charge in [0.1, 0.15) is 11.8 Å². The molecule has 0 saturated carbocycles. The lowest BCUT2D eigenvalue weighted by atomic mass is 9.94. The predicted octanol–water partition coefficient (Wildman–Crippen LogP) is 6.49. The molecule has 0 heterocycles. The number of hydrogen-bond acceptors (Lipinski definition) is 6.